The van der Waals surface area contributed by atoms with Crippen LogP contribution in [-0.2, 0) is 10.4 Å². The average molecular weight is 484 g/mol. The van der Waals surface area contributed by atoms with Gasteiger partial charge in [0.25, 0.3) is 5.91 Å². The van der Waals surface area contributed by atoms with Crippen molar-refractivity contribution in [2.45, 2.75) is 50.2 Å². The number of carbonyl (C=O) groups excluding carboxylic acids is 2. The van der Waals surface area contributed by atoms with Crippen LogP contribution in [0.15, 0.2) is 54.6 Å². The minimum Gasteiger partial charge on any atom is -0.375 e. The highest BCUT2D eigenvalue weighted by Gasteiger charge is 2.49. The van der Waals surface area contributed by atoms with Crippen LogP contribution in [0.25, 0.3) is 0 Å². The first-order valence-corrected chi connectivity index (χ1v) is 12.8. The molecule has 0 aromatic heterocycles. The number of hydrogen-bond donors (Lipinski definition) is 1. The summed E-state index contributed by atoms with van der Waals surface area (Å²) in [5.74, 6) is -0.101. The number of piperidine rings is 1. The molecule has 2 aromatic carbocycles. The zero-order valence-corrected chi connectivity index (χ0v) is 21.0. The van der Waals surface area contributed by atoms with E-state index >= 15 is 0 Å². The molecule has 5 nitrogen and oxygen atoms in total. The van der Waals surface area contributed by atoms with E-state index in [9.17, 15) is 14.7 Å². The number of Topliss-reactive ketones (excluding diaryl/α,β-unsaturated/α-hetero) is 1. The van der Waals surface area contributed by atoms with Crippen LogP contribution in [0.5, 0.6) is 0 Å². The molecule has 1 heterocycles. The zero-order valence-electron chi connectivity index (χ0n) is 20.3. The fourth-order valence-corrected chi connectivity index (χ4v) is 5.93. The molecule has 1 atom stereocenters. The van der Waals surface area contributed by atoms with Crippen LogP contribution in [0, 0.1) is 5.92 Å². The summed E-state index contributed by atoms with van der Waals surface area (Å²) in [4.78, 5) is 28.5. The van der Waals surface area contributed by atoms with E-state index < -0.39 is 5.60 Å². The molecule has 1 aliphatic carbocycles. The van der Waals surface area contributed by atoms with Gasteiger partial charge in [-0.15, -0.1) is 0 Å². The van der Waals surface area contributed by atoms with E-state index in [4.69, 9.17) is 11.6 Å². The van der Waals surface area contributed by atoms with Gasteiger partial charge in [0.15, 0.2) is 5.60 Å². The molecule has 182 valence electrons. The lowest BCUT2D eigenvalue weighted by atomic mass is 9.78. The molecule has 6 heteroatoms. The summed E-state index contributed by atoms with van der Waals surface area (Å²) in [6, 6.07) is 16.8. The van der Waals surface area contributed by atoms with Crippen LogP contribution in [0.4, 0.5) is 0 Å². The Morgan fingerprint density at radius 2 is 1.56 bits per heavy atom. The third kappa shape index (κ3) is 5.07. The summed E-state index contributed by atoms with van der Waals surface area (Å²) in [7, 11) is 4.18. The number of benzene rings is 2. The molecule has 0 bridgehead atoms. The van der Waals surface area contributed by atoms with Gasteiger partial charge in [0, 0.05) is 42.4 Å². The van der Waals surface area contributed by atoms with Gasteiger partial charge >= 0.3 is 0 Å². The number of rotatable bonds is 7. The Balaban J connectivity index is 1.43. The second-order valence-electron chi connectivity index (χ2n) is 10.5. The molecule has 2 aliphatic rings. The van der Waals surface area contributed by atoms with Crippen LogP contribution in [-0.4, -0.2) is 66.0 Å². The number of carbonyl (C=O) groups is 2. The third-order valence-electron chi connectivity index (χ3n) is 7.94. The molecule has 1 unspecified atom stereocenters. The predicted molar refractivity (Wildman–Crippen MR) is 135 cm³/mol. The smallest absolute Gasteiger partial charge is 0.259 e. The second-order valence-corrected chi connectivity index (χ2v) is 10.9. The molecule has 1 aliphatic heterocycles. The fraction of sp³-hybridized carbons (Fsp3) is 0.500. The summed E-state index contributed by atoms with van der Waals surface area (Å²) >= 11 is 5.96. The number of quaternary nitrogens is 1. The molecular formula is C28H36ClN2O3+. The summed E-state index contributed by atoms with van der Waals surface area (Å²) in [5, 5.41) is 12.5. The van der Waals surface area contributed by atoms with Crippen molar-refractivity contribution in [1.29, 1.82) is 0 Å². The lowest BCUT2D eigenvalue weighted by Crippen LogP contribution is -2.59. The van der Waals surface area contributed by atoms with Crippen LogP contribution >= 0.6 is 11.6 Å². The lowest BCUT2D eigenvalue weighted by Gasteiger charge is -2.44. The normalized spacial score (nSPS) is 19.7. The number of likely N-dealkylation sites (tertiary alicyclic amines) is 1. The van der Waals surface area contributed by atoms with Crippen LogP contribution in [0.1, 0.15) is 54.4 Å². The Morgan fingerprint density at radius 3 is 2.15 bits per heavy atom. The molecule has 2 aromatic rings. The zero-order chi connectivity index (χ0) is 24.3. The van der Waals surface area contributed by atoms with Crippen molar-refractivity contribution in [3.63, 3.8) is 0 Å². The molecular weight excluding hydrogens is 448 g/mol. The minimum atomic E-state index is -1.46. The number of nitrogens with zero attached hydrogens (tertiary/aromatic N) is 2. The van der Waals surface area contributed by atoms with Crippen molar-refractivity contribution >= 4 is 23.3 Å². The summed E-state index contributed by atoms with van der Waals surface area (Å²) in [6.07, 6.45) is 5.49. The van der Waals surface area contributed by atoms with Crippen molar-refractivity contribution in [2.75, 3.05) is 33.7 Å². The third-order valence-corrected chi connectivity index (χ3v) is 8.20. The highest BCUT2D eigenvalue weighted by atomic mass is 35.5. The Kier molecular flexibility index (Phi) is 7.46. The number of ketones is 1. The SMILES string of the molecule is C[N+](C)(CC(=O)c1ccc(Cl)cc1)C1CCN(C(=O)C(O)(c2ccccc2)C2CCCC2)CC1. The predicted octanol–water partition coefficient (Wildman–Crippen LogP) is 4.67. The number of aliphatic hydroxyl groups is 1. The first-order chi connectivity index (χ1) is 16.2. The van der Waals surface area contributed by atoms with Crippen molar-refractivity contribution in [2.24, 2.45) is 5.92 Å². The van der Waals surface area contributed by atoms with Crippen LogP contribution in [0.3, 0.4) is 0 Å². The van der Waals surface area contributed by atoms with Crippen molar-refractivity contribution in [1.82, 2.24) is 4.90 Å². The van der Waals surface area contributed by atoms with E-state index in [1.54, 1.807) is 24.3 Å². The maximum atomic E-state index is 13.8. The number of halogens is 1. The van der Waals surface area contributed by atoms with Crippen molar-refractivity contribution < 1.29 is 19.2 Å². The first kappa shape index (κ1) is 24.9. The second kappa shape index (κ2) is 10.2. The Bertz CT molecular complexity index is 994. The maximum Gasteiger partial charge on any atom is 0.259 e. The van der Waals surface area contributed by atoms with E-state index in [2.05, 4.69) is 14.1 Å². The molecule has 0 radical (unpaired) electrons. The van der Waals surface area contributed by atoms with E-state index in [0.29, 0.717) is 40.3 Å². The highest BCUT2D eigenvalue weighted by molar-refractivity contribution is 6.30. The number of hydrogen-bond acceptors (Lipinski definition) is 3. The van der Waals surface area contributed by atoms with Gasteiger partial charge in [-0.3, -0.25) is 9.59 Å². The molecule has 1 saturated carbocycles. The van der Waals surface area contributed by atoms with E-state index in [-0.39, 0.29) is 23.7 Å². The fourth-order valence-electron chi connectivity index (χ4n) is 5.80. The monoisotopic (exact) mass is 483 g/mol. The van der Waals surface area contributed by atoms with Crippen LogP contribution in [0.2, 0.25) is 5.02 Å². The topological polar surface area (TPSA) is 57.6 Å². The first-order valence-electron chi connectivity index (χ1n) is 12.4. The number of likely N-dealkylation sites (N-methyl/N-ethyl adjacent to an activating group) is 1. The van der Waals surface area contributed by atoms with Gasteiger partial charge in [-0.1, -0.05) is 54.8 Å². The quantitative estimate of drug-likeness (QED) is 0.460. The molecule has 34 heavy (non-hydrogen) atoms. The van der Waals surface area contributed by atoms with Gasteiger partial charge in [0.2, 0.25) is 5.78 Å². The Labute approximate surface area is 207 Å². The molecule has 1 N–H and O–H groups in total. The Hall–Kier alpha value is -2.21. The number of amides is 1. The van der Waals surface area contributed by atoms with Crippen molar-refractivity contribution in [3.05, 3.63) is 70.7 Å². The Morgan fingerprint density at radius 1 is 0.971 bits per heavy atom. The molecule has 0 spiro atoms. The van der Waals surface area contributed by atoms with E-state index in [1.807, 2.05) is 35.2 Å². The lowest BCUT2D eigenvalue weighted by molar-refractivity contribution is -0.908. The standard InChI is InChI=1S/C28H36ClN2O3/c1-31(2,20-26(32)21-12-14-24(29)15-13-21)25-16-18-30(19-17-25)27(33)28(34,23-10-6-7-11-23)22-8-4-3-5-9-22/h3-5,8-9,12-15,23,25,34H,6-7,10-11,16-20H2,1-2H3/q+1. The largest absolute Gasteiger partial charge is 0.375 e. The summed E-state index contributed by atoms with van der Waals surface area (Å²) in [6.45, 7) is 1.60. The van der Waals surface area contributed by atoms with Gasteiger partial charge in [-0.05, 0) is 42.7 Å². The summed E-state index contributed by atoms with van der Waals surface area (Å²) < 4.78 is 0.578. The van der Waals surface area contributed by atoms with Crippen molar-refractivity contribution in [3.8, 4) is 0 Å². The summed E-state index contributed by atoms with van der Waals surface area (Å²) in [5.41, 5.74) is -0.0779. The minimum absolute atomic E-state index is 0.0376. The maximum absolute atomic E-state index is 13.8. The highest BCUT2D eigenvalue weighted by Crippen LogP contribution is 2.42. The van der Waals surface area contributed by atoms with Gasteiger partial charge < -0.3 is 14.5 Å². The van der Waals surface area contributed by atoms with Gasteiger partial charge in [0.1, 0.15) is 6.54 Å². The molecule has 1 amide bonds. The van der Waals surface area contributed by atoms with Crippen LogP contribution < -0.4 is 0 Å². The van der Waals surface area contributed by atoms with E-state index in [1.165, 1.54) is 0 Å². The van der Waals surface area contributed by atoms with Gasteiger partial charge in [0.05, 0.1) is 20.1 Å². The molecule has 4 rings (SSSR count). The molecule has 1 saturated heterocycles. The molecule has 2 fully saturated rings. The van der Waals surface area contributed by atoms with Gasteiger partial charge in [-0.2, -0.15) is 0 Å². The average Bonchev–Trinajstić information content (AvgIpc) is 3.39. The van der Waals surface area contributed by atoms with E-state index in [0.717, 1.165) is 38.5 Å². The van der Waals surface area contributed by atoms with Gasteiger partial charge in [-0.25, -0.2) is 0 Å².